The lowest BCUT2D eigenvalue weighted by atomic mass is 9.85. The summed E-state index contributed by atoms with van der Waals surface area (Å²) < 4.78 is 10.8. The number of benzene rings is 1. The molecule has 1 fully saturated rings. The van der Waals surface area contributed by atoms with Gasteiger partial charge in [0.15, 0.2) is 11.5 Å². The lowest BCUT2D eigenvalue weighted by Gasteiger charge is -2.47. The minimum absolute atomic E-state index is 0.146. The van der Waals surface area contributed by atoms with Gasteiger partial charge >= 0.3 is 0 Å². The maximum absolute atomic E-state index is 12.1. The number of methoxy groups -OCH3 is 2. The van der Waals surface area contributed by atoms with Crippen LogP contribution in [0.1, 0.15) is 30.5 Å². The summed E-state index contributed by atoms with van der Waals surface area (Å²) in [7, 11) is 5.17. The lowest BCUT2D eigenvalue weighted by molar-refractivity contribution is -0.141. The SMILES string of the molecule is COc1cc2c(cc1OC)[C@@H]1CC(=O)N(C)CN1[C@H](C)C2. The molecule has 114 valence electrons. The number of hydrogen-bond donors (Lipinski definition) is 0. The molecule has 0 N–H and O–H groups in total. The topological polar surface area (TPSA) is 42.0 Å². The van der Waals surface area contributed by atoms with Crippen LogP contribution in [0, 0.1) is 0 Å². The van der Waals surface area contributed by atoms with E-state index in [2.05, 4.69) is 17.9 Å². The van der Waals surface area contributed by atoms with Crippen molar-refractivity contribution >= 4 is 5.91 Å². The molecule has 1 aromatic carbocycles. The number of carbonyl (C=O) groups excluding carboxylic acids is 1. The summed E-state index contributed by atoms with van der Waals surface area (Å²) in [5, 5.41) is 0. The van der Waals surface area contributed by atoms with Crippen molar-refractivity contribution in [2.24, 2.45) is 0 Å². The average Bonchev–Trinajstić information content (AvgIpc) is 2.48. The first-order valence-electron chi connectivity index (χ1n) is 7.29. The number of fused-ring (bicyclic) bond motifs is 3. The third-order valence-electron chi connectivity index (χ3n) is 4.66. The van der Waals surface area contributed by atoms with Crippen LogP contribution in [0.4, 0.5) is 0 Å². The molecule has 3 rings (SSSR count). The van der Waals surface area contributed by atoms with E-state index in [4.69, 9.17) is 9.47 Å². The number of carbonyl (C=O) groups is 1. The van der Waals surface area contributed by atoms with E-state index in [-0.39, 0.29) is 11.9 Å². The highest BCUT2D eigenvalue weighted by Crippen LogP contribution is 2.42. The second-order valence-electron chi connectivity index (χ2n) is 5.93. The van der Waals surface area contributed by atoms with Crippen LogP contribution in [-0.2, 0) is 11.2 Å². The summed E-state index contributed by atoms with van der Waals surface area (Å²) in [5.74, 6) is 1.69. The molecule has 0 radical (unpaired) electrons. The fourth-order valence-corrected chi connectivity index (χ4v) is 3.46. The summed E-state index contributed by atoms with van der Waals surface area (Å²) >= 11 is 0. The van der Waals surface area contributed by atoms with E-state index in [9.17, 15) is 4.79 Å². The van der Waals surface area contributed by atoms with Crippen molar-refractivity contribution in [1.29, 1.82) is 0 Å². The zero-order valence-corrected chi connectivity index (χ0v) is 13.0. The van der Waals surface area contributed by atoms with Gasteiger partial charge in [-0.25, -0.2) is 0 Å². The minimum atomic E-state index is 0.146. The summed E-state index contributed by atoms with van der Waals surface area (Å²) in [4.78, 5) is 16.3. The third-order valence-corrected chi connectivity index (χ3v) is 4.66. The van der Waals surface area contributed by atoms with E-state index in [1.807, 2.05) is 13.1 Å². The highest BCUT2D eigenvalue weighted by Gasteiger charge is 2.39. The zero-order chi connectivity index (χ0) is 15.1. The van der Waals surface area contributed by atoms with Crippen molar-refractivity contribution in [2.45, 2.75) is 31.8 Å². The molecule has 0 spiro atoms. The predicted molar refractivity (Wildman–Crippen MR) is 79.5 cm³/mol. The Bertz CT molecular complexity index is 573. The standard InChI is InChI=1S/C16H22N2O3/c1-10-5-11-6-14(20-3)15(21-4)7-12(11)13-8-16(19)17(2)9-18(10)13/h6-7,10,13H,5,8-9H2,1-4H3/t10-,13+/m1/s1. The van der Waals surface area contributed by atoms with Crippen LogP contribution in [0.25, 0.3) is 0 Å². The van der Waals surface area contributed by atoms with Crippen LogP contribution in [0.2, 0.25) is 0 Å². The van der Waals surface area contributed by atoms with Gasteiger partial charge in [-0.2, -0.15) is 0 Å². The molecular weight excluding hydrogens is 268 g/mol. The van der Waals surface area contributed by atoms with Gasteiger partial charge in [0.05, 0.1) is 20.9 Å². The van der Waals surface area contributed by atoms with Gasteiger partial charge in [-0.05, 0) is 36.6 Å². The molecule has 0 bridgehead atoms. The summed E-state index contributed by atoms with van der Waals surface area (Å²) in [6.45, 7) is 2.91. The Morgan fingerprint density at radius 3 is 2.48 bits per heavy atom. The van der Waals surface area contributed by atoms with Gasteiger partial charge in [-0.3, -0.25) is 9.69 Å². The van der Waals surface area contributed by atoms with Gasteiger partial charge in [-0.1, -0.05) is 0 Å². The van der Waals surface area contributed by atoms with Crippen molar-refractivity contribution in [2.75, 3.05) is 27.9 Å². The number of rotatable bonds is 2. The molecule has 21 heavy (non-hydrogen) atoms. The molecule has 2 aliphatic rings. The van der Waals surface area contributed by atoms with Gasteiger partial charge in [0.2, 0.25) is 5.91 Å². The molecule has 1 aromatic rings. The maximum atomic E-state index is 12.1. The van der Waals surface area contributed by atoms with Crippen LogP contribution in [0.5, 0.6) is 11.5 Å². The Morgan fingerprint density at radius 2 is 1.81 bits per heavy atom. The summed E-state index contributed by atoms with van der Waals surface area (Å²) in [5.41, 5.74) is 2.46. The van der Waals surface area contributed by atoms with Crippen LogP contribution in [0.3, 0.4) is 0 Å². The molecule has 0 saturated carbocycles. The van der Waals surface area contributed by atoms with Crippen molar-refractivity contribution in [1.82, 2.24) is 9.80 Å². The second-order valence-corrected chi connectivity index (χ2v) is 5.93. The molecule has 5 nitrogen and oxygen atoms in total. The number of ether oxygens (including phenoxy) is 2. The molecule has 2 aliphatic heterocycles. The van der Waals surface area contributed by atoms with E-state index >= 15 is 0 Å². The van der Waals surface area contributed by atoms with Crippen LogP contribution < -0.4 is 9.47 Å². The molecule has 2 atom stereocenters. The highest BCUT2D eigenvalue weighted by molar-refractivity contribution is 5.78. The quantitative estimate of drug-likeness (QED) is 0.833. The zero-order valence-electron chi connectivity index (χ0n) is 13.0. The Morgan fingerprint density at radius 1 is 1.14 bits per heavy atom. The molecule has 1 amide bonds. The predicted octanol–water partition coefficient (Wildman–Crippen LogP) is 1.81. The normalized spacial score (nSPS) is 25.3. The van der Waals surface area contributed by atoms with Crippen molar-refractivity contribution < 1.29 is 14.3 Å². The van der Waals surface area contributed by atoms with Gasteiger partial charge < -0.3 is 14.4 Å². The van der Waals surface area contributed by atoms with Gasteiger partial charge in [0, 0.05) is 25.6 Å². The summed E-state index contributed by atoms with van der Waals surface area (Å²) in [6, 6.07) is 4.66. The molecule has 1 saturated heterocycles. The lowest BCUT2D eigenvalue weighted by Crippen LogP contribution is -2.53. The maximum Gasteiger partial charge on any atom is 0.225 e. The second kappa shape index (κ2) is 5.22. The first-order valence-corrected chi connectivity index (χ1v) is 7.29. The molecular formula is C16H22N2O3. The van der Waals surface area contributed by atoms with E-state index < -0.39 is 0 Å². The van der Waals surface area contributed by atoms with E-state index in [0.717, 1.165) is 17.9 Å². The van der Waals surface area contributed by atoms with E-state index in [1.165, 1.54) is 11.1 Å². The molecule has 5 heteroatoms. The minimum Gasteiger partial charge on any atom is -0.493 e. The number of nitrogens with zero attached hydrogens (tertiary/aromatic N) is 2. The smallest absolute Gasteiger partial charge is 0.225 e. The van der Waals surface area contributed by atoms with Crippen molar-refractivity contribution in [3.63, 3.8) is 0 Å². The number of amides is 1. The number of hydrogen-bond acceptors (Lipinski definition) is 4. The summed E-state index contributed by atoms with van der Waals surface area (Å²) in [6.07, 6.45) is 1.50. The van der Waals surface area contributed by atoms with Gasteiger partial charge in [-0.15, -0.1) is 0 Å². The van der Waals surface area contributed by atoms with Crippen LogP contribution in [-0.4, -0.2) is 49.7 Å². The van der Waals surface area contributed by atoms with Gasteiger partial charge in [0.25, 0.3) is 0 Å². The molecule has 2 heterocycles. The van der Waals surface area contributed by atoms with Crippen molar-refractivity contribution in [3.05, 3.63) is 23.3 Å². The van der Waals surface area contributed by atoms with Crippen LogP contribution >= 0.6 is 0 Å². The average molecular weight is 290 g/mol. The largest absolute Gasteiger partial charge is 0.493 e. The Labute approximate surface area is 125 Å². The van der Waals surface area contributed by atoms with Gasteiger partial charge in [0.1, 0.15) is 0 Å². The Hall–Kier alpha value is -1.75. The van der Waals surface area contributed by atoms with Crippen molar-refractivity contribution in [3.8, 4) is 11.5 Å². The Kier molecular flexibility index (Phi) is 3.53. The Balaban J connectivity index is 2.05. The highest BCUT2D eigenvalue weighted by atomic mass is 16.5. The van der Waals surface area contributed by atoms with E-state index in [0.29, 0.717) is 19.1 Å². The fraction of sp³-hybridized carbons (Fsp3) is 0.562. The molecule has 0 aliphatic carbocycles. The fourth-order valence-electron chi connectivity index (χ4n) is 3.46. The molecule has 0 aromatic heterocycles. The third kappa shape index (κ3) is 2.25. The van der Waals surface area contributed by atoms with Crippen LogP contribution in [0.15, 0.2) is 12.1 Å². The van der Waals surface area contributed by atoms with E-state index in [1.54, 1.807) is 19.1 Å². The first kappa shape index (κ1) is 14.2. The monoisotopic (exact) mass is 290 g/mol. The first-order chi connectivity index (χ1) is 10.0. The molecule has 0 unspecified atom stereocenters.